The quantitative estimate of drug-likeness (QED) is 0.460. The van der Waals surface area contributed by atoms with Gasteiger partial charge < -0.3 is 20.0 Å². The lowest BCUT2D eigenvalue weighted by molar-refractivity contribution is -0.394. The number of anilines is 2. The minimum Gasteiger partial charge on any atom is -0.450 e. The van der Waals surface area contributed by atoms with Crippen LogP contribution < -0.4 is 15.1 Å². The number of nitrogens with zero attached hydrogens (tertiary/aromatic N) is 5. The number of carbonyl (C=O) groups excluding carboxylic acids is 1. The Labute approximate surface area is 202 Å². The van der Waals surface area contributed by atoms with Gasteiger partial charge in [0.25, 0.3) is 0 Å². The molecule has 0 unspecified atom stereocenters. The summed E-state index contributed by atoms with van der Waals surface area (Å²) in [6.45, 7) is 5.73. The number of benzene rings is 2. The standard InChI is InChI=1S/C23H28N6O6/c1-17(30)25-11-13-26(14-12-25)18-5-7-19(8-6-18)35-23-15-20(24-27-9-3-2-4-10-27)21(28(31)32)16-22(23)29(33)34/h5-8,15-16,24H,2-4,9-14H2,1H3. The zero-order valence-corrected chi connectivity index (χ0v) is 19.5. The van der Waals surface area contributed by atoms with Crippen LogP contribution >= 0.6 is 0 Å². The lowest BCUT2D eigenvalue weighted by Gasteiger charge is -2.35. The van der Waals surface area contributed by atoms with Crippen LogP contribution in [0, 0.1) is 20.2 Å². The zero-order chi connectivity index (χ0) is 24.9. The number of hydrogen-bond donors (Lipinski definition) is 1. The molecule has 2 aliphatic rings. The maximum atomic E-state index is 11.7. The van der Waals surface area contributed by atoms with E-state index in [4.69, 9.17) is 4.74 Å². The first kappa shape index (κ1) is 24.2. The van der Waals surface area contributed by atoms with Gasteiger partial charge in [-0.15, -0.1) is 0 Å². The van der Waals surface area contributed by atoms with Crippen LogP contribution in [-0.2, 0) is 4.79 Å². The number of hydrogen-bond acceptors (Lipinski definition) is 9. The third-order valence-electron chi connectivity index (χ3n) is 6.26. The largest absolute Gasteiger partial charge is 0.450 e. The summed E-state index contributed by atoms with van der Waals surface area (Å²) in [5.41, 5.74) is 3.28. The third-order valence-corrected chi connectivity index (χ3v) is 6.26. The lowest BCUT2D eigenvalue weighted by Crippen LogP contribution is -2.48. The summed E-state index contributed by atoms with van der Waals surface area (Å²) in [7, 11) is 0. The SMILES string of the molecule is CC(=O)N1CCN(c2ccc(Oc3cc(NN4CCCCC4)c([N+](=O)[O-])cc3[N+](=O)[O-])cc2)CC1. The molecule has 0 radical (unpaired) electrons. The number of piperidine rings is 1. The Kier molecular flexibility index (Phi) is 7.30. The number of hydrazine groups is 1. The molecule has 0 atom stereocenters. The second-order valence-corrected chi connectivity index (χ2v) is 8.60. The number of nitro groups is 2. The van der Waals surface area contributed by atoms with Crippen molar-refractivity contribution in [3.63, 3.8) is 0 Å². The first-order valence-electron chi connectivity index (χ1n) is 11.6. The summed E-state index contributed by atoms with van der Waals surface area (Å²) in [6, 6.07) is 9.36. The second kappa shape index (κ2) is 10.6. The summed E-state index contributed by atoms with van der Waals surface area (Å²) in [6.07, 6.45) is 3.03. The van der Waals surface area contributed by atoms with E-state index >= 15 is 0 Å². The minimum absolute atomic E-state index is 0.0623. The topological polar surface area (TPSA) is 134 Å². The molecule has 2 heterocycles. The van der Waals surface area contributed by atoms with Crippen molar-refractivity contribution < 1.29 is 19.4 Å². The number of carbonyl (C=O) groups is 1. The van der Waals surface area contributed by atoms with Crippen molar-refractivity contribution in [2.75, 3.05) is 49.6 Å². The van der Waals surface area contributed by atoms with Crippen LogP contribution in [0.2, 0.25) is 0 Å². The summed E-state index contributed by atoms with van der Waals surface area (Å²) >= 11 is 0. The number of rotatable bonds is 7. The molecule has 0 aromatic heterocycles. The monoisotopic (exact) mass is 484 g/mol. The van der Waals surface area contributed by atoms with Crippen LogP contribution in [-0.4, -0.2) is 64.9 Å². The molecule has 2 aromatic rings. The van der Waals surface area contributed by atoms with Gasteiger partial charge in [-0.05, 0) is 37.1 Å². The van der Waals surface area contributed by atoms with E-state index in [-0.39, 0.29) is 23.0 Å². The molecule has 0 aliphatic carbocycles. The average Bonchev–Trinajstić information content (AvgIpc) is 2.85. The highest BCUT2D eigenvalue weighted by Crippen LogP contribution is 2.40. The average molecular weight is 485 g/mol. The second-order valence-electron chi connectivity index (χ2n) is 8.60. The predicted octanol–water partition coefficient (Wildman–Crippen LogP) is 3.78. The number of amides is 1. The number of nitro benzene ring substituents is 2. The first-order chi connectivity index (χ1) is 16.8. The minimum atomic E-state index is -0.685. The van der Waals surface area contributed by atoms with Crippen molar-refractivity contribution >= 4 is 28.7 Å². The normalized spacial score (nSPS) is 16.6. The Morgan fingerprint density at radius 2 is 1.51 bits per heavy atom. The van der Waals surface area contributed by atoms with Gasteiger partial charge in [-0.1, -0.05) is 6.42 Å². The van der Waals surface area contributed by atoms with Crippen LogP contribution in [0.15, 0.2) is 36.4 Å². The highest BCUT2D eigenvalue weighted by Gasteiger charge is 2.27. The molecule has 12 heteroatoms. The Bertz CT molecular complexity index is 1090. The molecule has 1 amide bonds. The summed E-state index contributed by atoms with van der Waals surface area (Å²) in [4.78, 5) is 37.4. The van der Waals surface area contributed by atoms with Gasteiger partial charge in [0.15, 0.2) is 0 Å². The van der Waals surface area contributed by atoms with Crippen molar-refractivity contribution in [1.29, 1.82) is 0 Å². The fraction of sp³-hybridized carbons (Fsp3) is 0.435. The smallest absolute Gasteiger partial charge is 0.318 e. The molecule has 4 rings (SSSR count). The van der Waals surface area contributed by atoms with Gasteiger partial charge in [0.1, 0.15) is 17.5 Å². The fourth-order valence-corrected chi connectivity index (χ4v) is 4.33. The van der Waals surface area contributed by atoms with Gasteiger partial charge in [-0.3, -0.25) is 25.0 Å². The third kappa shape index (κ3) is 5.77. The van der Waals surface area contributed by atoms with Crippen molar-refractivity contribution in [3.05, 3.63) is 56.6 Å². The van der Waals surface area contributed by atoms with Gasteiger partial charge >= 0.3 is 11.4 Å². The van der Waals surface area contributed by atoms with E-state index in [1.807, 2.05) is 17.1 Å². The van der Waals surface area contributed by atoms with Gasteiger partial charge in [0.2, 0.25) is 11.7 Å². The zero-order valence-electron chi connectivity index (χ0n) is 19.5. The van der Waals surface area contributed by atoms with Gasteiger partial charge in [0.05, 0.1) is 9.85 Å². The highest BCUT2D eigenvalue weighted by atomic mass is 16.6. The van der Waals surface area contributed by atoms with Crippen molar-refractivity contribution in [2.24, 2.45) is 0 Å². The molecular weight excluding hydrogens is 456 g/mol. The first-order valence-corrected chi connectivity index (χ1v) is 11.6. The van der Waals surface area contributed by atoms with Crippen molar-refractivity contribution in [2.45, 2.75) is 26.2 Å². The molecule has 1 N–H and O–H groups in total. The molecular formula is C23H28N6O6. The molecule has 35 heavy (non-hydrogen) atoms. The number of nitrogens with one attached hydrogen (secondary N) is 1. The predicted molar refractivity (Wildman–Crippen MR) is 130 cm³/mol. The van der Waals surface area contributed by atoms with Crippen LogP contribution in [0.25, 0.3) is 0 Å². The molecule has 2 saturated heterocycles. The molecule has 2 aliphatic heterocycles. The van der Waals surface area contributed by atoms with E-state index in [2.05, 4.69) is 10.3 Å². The van der Waals surface area contributed by atoms with Gasteiger partial charge in [-0.2, -0.15) is 0 Å². The van der Waals surface area contributed by atoms with Crippen molar-refractivity contribution in [1.82, 2.24) is 9.91 Å². The van der Waals surface area contributed by atoms with E-state index in [1.54, 1.807) is 24.0 Å². The van der Waals surface area contributed by atoms with Gasteiger partial charge in [0, 0.05) is 57.9 Å². The lowest BCUT2D eigenvalue weighted by atomic mass is 10.1. The number of piperazine rings is 1. The maximum Gasteiger partial charge on any atom is 0.318 e. The molecule has 2 aromatic carbocycles. The van der Waals surface area contributed by atoms with E-state index in [1.165, 1.54) is 6.07 Å². The maximum absolute atomic E-state index is 11.7. The van der Waals surface area contributed by atoms with E-state index in [9.17, 15) is 25.0 Å². The van der Waals surface area contributed by atoms with Crippen LogP contribution in [0.1, 0.15) is 26.2 Å². The summed E-state index contributed by atoms with van der Waals surface area (Å²) < 4.78 is 5.83. The molecule has 12 nitrogen and oxygen atoms in total. The van der Waals surface area contributed by atoms with E-state index in [0.717, 1.165) is 44.1 Å². The Hall–Kier alpha value is -3.93. The Morgan fingerprint density at radius 1 is 0.886 bits per heavy atom. The summed E-state index contributed by atoms with van der Waals surface area (Å²) in [5.74, 6) is 0.354. The van der Waals surface area contributed by atoms with E-state index < -0.39 is 15.5 Å². The van der Waals surface area contributed by atoms with Crippen LogP contribution in [0.4, 0.5) is 22.7 Å². The van der Waals surface area contributed by atoms with Crippen LogP contribution in [0.5, 0.6) is 11.5 Å². The van der Waals surface area contributed by atoms with Crippen LogP contribution in [0.3, 0.4) is 0 Å². The van der Waals surface area contributed by atoms with Crippen molar-refractivity contribution in [3.8, 4) is 11.5 Å². The Balaban J connectivity index is 1.54. The van der Waals surface area contributed by atoms with Gasteiger partial charge in [-0.25, -0.2) is 5.01 Å². The van der Waals surface area contributed by atoms with E-state index in [0.29, 0.717) is 31.9 Å². The fourth-order valence-electron chi connectivity index (χ4n) is 4.33. The molecule has 0 spiro atoms. The molecule has 186 valence electrons. The highest BCUT2D eigenvalue weighted by molar-refractivity contribution is 5.73. The number of ether oxygens (including phenoxy) is 1. The molecule has 0 saturated carbocycles. The summed E-state index contributed by atoms with van der Waals surface area (Å²) in [5, 5.41) is 25.1. The molecule has 0 bridgehead atoms. The Morgan fingerprint density at radius 3 is 2.09 bits per heavy atom. The molecule has 2 fully saturated rings.